The van der Waals surface area contributed by atoms with E-state index in [0.717, 1.165) is 11.3 Å². The van der Waals surface area contributed by atoms with Gasteiger partial charge in [-0.25, -0.2) is 15.0 Å². The zero-order chi connectivity index (χ0) is 14.8. The van der Waals surface area contributed by atoms with Crippen LogP contribution in [0.1, 0.15) is 5.56 Å². The summed E-state index contributed by atoms with van der Waals surface area (Å²) < 4.78 is 1.64. The molecule has 2 heterocycles. The summed E-state index contributed by atoms with van der Waals surface area (Å²) in [6, 6.07) is 7.62. The minimum atomic E-state index is -0.155. The van der Waals surface area contributed by atoms with Crippen LogP contribution in [0.2, 0.25) is 0 Å². The maximum atomic E-state index is 12.1. The van der Waals surface area contributed by atoms with E-state index in [9.17, 15) is 4.79 Å². The lowest BCUT2D eigenvalue weighted by molar-refractivity contribution is -0.116. The monoisotopic (exact) mass is 282 g/mol. The third kappa shape index (κ3) is 2.66. The number of nitrogens with two attached hydrogens (primary N) is 1. The zero-order valence-electron chi connectivity index (χ0n) is 11.4. The number of fused-ring (bicyclic) bond motifs is 1. The van der Waals surface area contributed by atoms with E-state index < -0.39 is 0 Å². The van der Waals surface area contributed by atoms with Gasteiger partial charge in [0.15, 0.2) is 11.5 Å². The van der Waals surface area contributed by atoms with Gasteiger partial charge in [0.05, 0.1) is 6.33 Å². The first-order valence-corrected chi connectivity index (χ1v) is 6.41. The molecule has 1 aromatic carbocycles. The van der Waals surface area contributed by atoms with Crippen molar-refractivity contribution in [1.29, 1.82) is 0 Å². The average Bonchev–Trinajstić information content (AvgIpc) is 2.83. The minimum absolute atomic E-state index is 0.112. The summed E-state index contributed by atoms with van der Waals surface area (Å²) >= 11 is 0. The number of hydrogen-bond acceptors (Lipinski definition) is 5. The molecule has 0 aliphatic heterocycles. The van der Waals surface area contributed by atoms with Crippen LogP contribution in [0.5, 0.6) is 0 Å². The Kier molecular flexibility index (Phi) is 3.23. The summed E-state index contributed by atoms with van der Waals surface area (Å²) in [6.07, 6.45) is 2.89. The first-order chi connectivity index (χ1) is 10.1. The molecule has 0 fully saturated rings. The maximum absolute atomic E-state index is 12.1. The number of benzene rings is 1. The Morgan fingerprint density at radius 1 is 1.33 bits per heavy atom. The summed E-state index contributed by atoms with van der Waals surface area (Å²) in [5.41, 5.74) is 8.60. The van der Waals surface area contributed by atoms with Crippen LogP contribution in [0.25, 0.3) is 11.2 Å². The van der Waals surface area contributed by atoms with E-state index >= 15 is 0 Å². The molecule has 0 saturated heterocycles. The van der Waals surface area contributed by atoms with E-state index in [1.165, 1.54) is 12.7 Å². The number of carbonyl (C=O) groups is 1. The Bertz CT molecular complexity index is 810. The van der Waals surface area contributed by atoms with Crippen molar-refractivity contribution >= 4 is 28.6 Å². The van der Waals surface area contributed by atoms with Crippen LogP contribution in [0.15, 0.2) is 36.9 Å². The molecule has 3 N–H and O–H groups in total. The molecule has 3 aromatic rings. The van der Waals surface area contributed by atoms with E-state index in [1.807, 2.05) is 31.2 Å². The fraction of sp³-hybridized carbons (Fsp3) is 0.143. The topological polar surface area (TPSA) is 98.7 Å². The van der Waals surface area contributed by atoms with Gasteiger partial charge in [0.2, 0.25) is 5.91 Å². The van der Waals surface area contributed by atoms with Crippen molar-refractivity contribution in [1.82, 2.24) is 19.5 Å². The van der Waals surface area contributed by atoms with Gasteiger partial charge in [-0.05, 0) is 24.6 Å². The van der Waals surface area contributed by atoms with E-state index in [2.05, 4.69) is 20.3 Å². The van der Waals surface area contributed by atoms with Gasteiger partial charge in [0, 0.05) is 5.69 Å². The van der Waals surface area contributed by atoms with Crippen LogP contribution in [0.3, 0.4) is 0 Å². The van der Waals surface area contributed by atoms with Gasteiger partial charge >= 0.3 is 0 Å². The zero-order valence-corrected chi connectivity index (χ0v) is 11.4. The van der Waals surface area contributed by atoms with Gasteiger partial charge in [-0.3, -0.25) is 4.79 Å². The van der Waals surface area contributed by atoms with Crippen molar-refractivity contribution in [3.8, 4) is 0 Å². The Labute approximate surface area is 120 Å². The first-order valence-electron chi connectivity index (χ1n) is 6.41. The lowest BCUT2D eigenvalue weighted by atomic mass is 10.2. The van der Waals surface area contributed by atoms with Crippen molar-refractivity contribution in [3.63, 3.8) is 0 Å². The highest BCUT2D eigenvalue weighted by molar-refractivity contribution is 5.91. The van der Waals surface area contributed by atoms with Crippen LogP contribution in [-0.4, -0.2) is 25.4 Å². The number of hydrogen-bond donors (Lipinski definition) is 2. The summed E-state index contributed by atoms with van der Waals surface area (Å²) in [6.45, 7) is 2.08. The molecule has 0 bridgehead atoms. The second kappa shape index (κ2) is 5.20. The number of carbonyl (C=O) groups excluding carboxylic acids is 1. The van der Waals surface area contributed by atoms with E-state index in [4.69, 9.17) is 5.73 Å². The standard InChI is InChI=1S/C14H14N6O/c1-9-3-2-4-10(5-9)19-11(21)6-20-8-18-12-13(15)16-7-17-14(12)20/h2-5,7-8H,6H2,1H3,(H,19,21)(H2,15,16,17). The molecule has 0 saturated carbocycles. The molecular weight excluding hydrogens is 268 g/mol. The molecule has 106 valence electrons. The van der Waals surface area contributed by atoms with Gasteiger partial charge in [-0.2, -0.15) is 0 Å². The maximum Gasteiger partial charge on any atom is 0.244 e. The lowest BCUT2D eigenvalue weighted by Gasteiger charge is -2.07. The number of aromatic nitrogens is 4. The van der Waals surface area contributed by atoms with Gasteiger partial charge in [0.1, 0.15) is 18.4 Å². The molecule has 3 rings (SSSR count). The number of imidazole rings is 1. The van der Waals surface area contributed by atoms with Crippen molar-refractivity contribution in [2.24, 2.45) is 0 Å². The lowest BCUT2D eigenvalue weighted by Crippen LogP contribution is -2.18. The average molecular weight is 282 g/mol. The highest BCUT2D eigenvalue weighted by Crippen LogP contribution is 2.14. The minimum Gasteiger partial charge on any atom is -0.382 e. The Morgan fingerprint density at radius 3 is 3.00 bits per heavy atom. The molecular formula is C14H14N6O. The molecule has 21 heavy (non-hydrogen) atoms. The van der Waals surface area contributed by atoms with Crippen LogP contribution in [0, 0.1) is 6.92 Å². The molecule has 0 spiro atoms. The first kappa shape index (κ1) is 13.0. The van der Waals surface area contributed by atoms with Crippen LogP contribution >= 0.6 is 0 Å². The number of nitrogens with zero attached hydrogens (tertiary/aromatic N) is 4. The largest absolute Gasteiger partial charge is 0.382 e. The fourth-order valence-electron chi connectivity index (χ4n) is 2.09. The fourth-order valence-corrected chi connectivity index (χ4v) is 2.09. The van der Waals surface area contributed by atoms with E-state index in [0.29, 0.717) is 17.0 Å². The van der Waals surface area contributed by atoms with Gasteiger partial charge in [-0.1, -0.05) is 12.1 Å². The Hall–Kier alpha value is -2.96. The predicted molar refractivity (Wildman–Crippen MR) is 79.5 cm³/mol. The SMILES string of the molecule is Cc1cccc(NC(=O)Cn2cnc3c(N)ncnc32)c1. The number of anilines is 2. The van der Waals surface area contributed by atoms with Crippen LogP contribution in [-0.2, 0) is 11.3 Å². The summed E-state index contributed by atoms with van der Waals surface area (Å²) in [4.78, 5) is 24.2. The summed E-state index contributed by atoms with van der Waals surface area (Å²) in [7, 11) is 0. The quantitative estimate of drug-likeness (QED) is 0.755. The molecule has 0 radical (unpaired) electrons. The van der Waals surface area contributed by atoms with Gasteiger partial charge < -0.3 is 15.6 Å². The highest BCUT2D eigenvalue weighted by Gasteiger charge is 2.10. The van der Waals surface area contributed by atoms with E-state index in [1.54, 1.807) is 4.57 Å². The molecule has 0 unspecified atom stereocenters. The van der Waals surface area contributed by atoms with Crippen molar-refractivity contribution in [3.05, 3.63) is 42.5 Å². The summed E-state index contributed by atoms with van der Waals surface area (Å²) in [5, 5.41) is 2.84. The second-order valence-electron chi connectivity index (χ2n) is 4.72. The number of rotatable bonds is 3. The molecule has 0 aliphatic carbocycles. The second-order valence-corrected chi connectivity index (χ2v) is 4.72. The Morgan fingerprint density at radius 2 is 2.19 bits per heavy atom. The number of amides is 1. The number of aryl methyl sites for hydroxylation is 1. The van der Waals surface area contributed by atoms with Gasteiger partial charge in [-0.15, -0.1) is 0 Å². The molecule has 2 aromatic heterocycles. The number of nitrogens with one attached hydrogen (secondary N) is 1. The van der Waals surface area contributed by atoms with Gasteiger partial charge in [0.25, 0.3) is 0 Å². The highest BCUT2D eigenvalue weighted by atomic mass is 16.1. The molecule has 7 heteroatoms. The number of nitrogen functional groups attached to an aromatic ring is 1. The Balaban J connectivity index is 1.79. The van der Waals surface area contributed by atoms with Crippen LogP contribution < -0.4 is 11.1 Å². The van der Waals surface area contributed by atoms with E-state index in [-0.39, 0.29) is 12.5 Å². The molecule has 0 aliphatic rings. The normalized spacial score (nSPS) is 10.7. The molecule has 7 nitrogen and oxygen atoms in total. The van der Waals surface area contributed by atoms with Crippen molar-refractivity contribution in [2.45, 2.75) is 13.5 Å². The molecule has 0 atom stereocenters. The third-order valence-corrected chi connectivity index (χ3v) is 3.05. The summed E-state index contributed by atoms with van der Waals surface area (Å²) in [5.74, 6) is 0.148. The third-order valence-electron chi connectivity index (χ3n) is 3.05. The van der Waals surface area contributed by atoms with Crippen molar-refractivity contribution < 1.29 is 4.79 Å². The van der Waals surface area contributed by atoms with Crippen LogP contribution in [0.4, 0.5) is 11.5 Å². The smallest absolute Gasteiger partial charge is 0.244 e. The van der Waals surface area contributed by atoms with Crippen molar-refractivity contribution in [2.75, 3.05) is 11.1 Å². The molecule has 1 amide bonds. The predicted octanol–water partition coefficient (Wildman–Crippen LogP) is 1.36.